The molecule has 5 unspecified atom stereocenters. The highest BCUT2D eigenvalue weighted by atomic mass is 79.9. The zero-order valence-corrected chi connectivity index (χ0v) is 78.5. The highest BCUT2D eigenvalue weighted by molar-refractivity contribution is 9.10. The third-order valence-corrected chi connectivity index (χ3v) is 37.6. The zero-order valence-electron chi connectivity index (χ0n) is 73.6. The molecule has 5 aliphatic carbocycles. The summed E-state index contributed by atoms with van der Waals surface area (Å²) in [4.78, 5) is 83.6. The summed E-state index contributed by atoms with van der Waals surface area (Å²) in [7, 11) is 0. The van der Waals surface area contributed by atoms with Gasteiger partial charge in [-0.15, -0.1) is 29.9 Å². The zero-order chi connectivity index (χ0) is 85.9. The minimum atomic E-state index is -0.366. The number of ether oxygens (including phenoxy) is 5. The Morgan fingerprint density at radius 3 is 1.27 bits per heavy atom. The molecule has 2 aromatic heterocycles. The third-order valence-electron chi connectivity index (χ3n) is 34.3. The number of carbonyl (C=O) groups is 5. The molecule has 0 radical (unpaired) electrons. The van der Waals surface area contributed by atoms with Crippen LogP contribution in [0.5, 0.6) is 5.75 Å². The van der Waals surface area contributed by atoms with Crippen molar-refractivity contribution in [3.63, 3.8) is 0 Å². The number of phenols is 1. The molecule has 0 amide bonds. The van der Waals surface area contributed by atoms with Crippen molar-refractivity contribution >= 4 is 122 Å². The quantitative estimate of drug-likeness (QED) is 0.0992. The number of aromatic nitrogens is 5. The number of hydrogen-bond donors (Lipinski definition) is 1. The van der Waals surface area contributed by atoms with Gasteiger partial charge in [0, 0.05) is 163 Å². The standard InChI is InChI=1S/C23H28BrN3O2.C20H21N3O2.C20H23NO3S.C20H23NO2S.C19H20N4O2.2ClH/c24-17-4-6-18(7-5-17)25-9-11-26(12-10-25)19-13-16-14-22(28)29-23(16)15-20(19)27-8-2-1-3-21(23)27;24-19-10-13-9-16(23-12-21-14-5-1-2-6-15(14)23)17-11-20(13,25-19)18-7-3-4-8-22(17)18;22-16-6-2-1-5-13(16)12-25-17-9-14-10-19(23)24-20(14)11-15(17)21-8-4-3-7-18(20)21;22-19-11-15-10-17(24-13-14-6-2-1-3-7-14)16-12-20(15,23-19)18-8-4-5-9-21(16)18;24-18-10-12-9-15(23-14-6-2-1-5-13(14)20-21-23)16-11-19(12,25-18)17-7-3-4-8-22(16)17;;/h4-7,14,19-21H,1-3,8-13,15H2;1-2,5-6,10,12,16-18H,3-4,7-9,11H2;1-2,5-6,10,15,17-18,22H,3-4,7-9,11-12H2;1-3,6-7,11,16-18H,4-5,8-10,12-13H2;1-2,5-6,10,15-17H,3-4,7-9,11H2;2*1H/t19?,20-,21+,23-;16?,17-,18+,20-;15-,17?,18+,20-;16-,17?,18+,20-;15?,16-,17+,19-;;/m00000../s1. The van der Waals surface area contributed by atoms with E-state index in [9.17, 15) is 29.1 Å². The van der Waals surface area contributed by atoms with Crippen LogP contribution in [0.15, 0.2) is 196 Å². The predicted octanol–water partition coefficient (Wildman–Crippen LogP) is 15.9. The van der Waals surface area contributed by atoms with Crippen molar-refractivity contribution in [1.29, 1.82) is 0 Å². The Labute approximate surface area is 789 Å². The number of aromatic hydroxyl groups is 1. The van der Waals surface area contributed by atoms with E-state index >= 15 is 0 Å². The molecule has 28 heteroatoms. The number of para-hydroxylation sites is 4. The van der Waals surface area contributed by atoms with Gasteiger partial charge in [-0.2, -0.15) is 23.5 Å². The van der Waals surface area contributed by atoms with Crippen molar-refractivity contribution in [2.75, 3.05) is 63.8 Å². The smallest absolute Gasteiger partial charge is 0.331 e. The van der Waals surface area contributed by atoms with E-state index in [0.29, 0.717) is 88.8 Å². The molecule has 7 aromatic rings. The van der Waals surface area contributed by atoms with Crippen LogP contribution in [0.2, 0.25) is 0 Å². The molecule has 23 nitrogen and oxygen atoms in total. The van der Waals surface area contributed by atoms with Crippen molar-refractivity contribution in [3.8, 4) is 5.75 Å². The average molecular weight is 1900 g/mol. The largest absolute Gasteiger partial charge is 0.508 e. The van der Waals surface area contributed by atoms with Gasteiger partial charge in [0.25, 0.3) is 0 Å². The molecule has 21 aliphatic rings. The summed E-state index contributed by atoms with van der Waals surface area (Å²) in [5.41, 5.74) is 12.5. The molecule has 684 valence electrons. The number of anilines is 1. The van der Waals surface area contributed by atoms with Gasteiger partial charge in [-0.05, 0) is 217 Å². The van der Waals surface area contributed by atoms with E-state index in [1.807, 2.05) is 72.7 Å². The first-order valence-electron chi connectivity index (χ1n) is 48.1. The number of esters is 5. The third kappa shape index (κ3) is 14.6. The molecule has 5 aromatic carbocycles. The summed E-state index contributed by atoms with van der Waals surface area (Å²) in [6.45, 7) is 9.96. The summed E-state index contributed by atoms with van der Waals surface area (Å²) in [6, 6.07) is 48.7. The molecule has 10 bridgehead atoms. The molecule has 130 heavy (non-hydrogen) atoms. The monoisotopic (exact) mass is 1900 g/mol. The van der Waals surface area contributed by atoms with Crippen molar-refractivity contribution < 1.29 is 52.8 Å². The van der Waals surface area contributed by atoms with E-state index in [4.69, 9.17) is 23.7 Å². The maximum Gasteiger partial charge on any atom is 0.331 e. The minimum Gasteiger partial charge on any atom is -0.508 e. The van der Waals surface area contributed by atoms with Crippen LogP contribution in [-0.2, 0) is 59.2 Å². The molecule has 28 rings (SSSR count). The summed E-state index contributed by atoms with van der Waals surface area (Å²) in [6.07, 6.45) is 38.6. The fourth-order valence-corrected chi connectivity index (χ4v) is 32.0. The van der Waals surface area contributed by atoms with E-state index in [1.165, 1.54) is 128 Å². The Morgan fingerprint density at radius 1 is 0.385 bits per heavy atom. The Balaban J connectivity index is 0.0000000951. The number of benzene rings is 5. The highest BCUT2D eigenvalue weighted by Gasteiger charge is 2.70. The van der Waals surface area contributed by atoms with Gasteiger partial charge in [0.05, 0.1) is 65.2 Å². The van der Waals surface area contributed by atoms with Crippen molar-refractivity contribution in [2.24, 2.45) is 0 Å². The van der Waals surface area contributed by atoms with Crippen LogP contribution < -0.4 is 4.90 Å². The Hall–Kier alpha value is -7.86. The van der Waals surface area contributed by atoms with E-state index in [0.717, 1.165) is 174 Å². The molecular formula is C102H117BrCl2N12O11S2. The number of piperidine rings is 5. The summed E-state index contributed by atoms with van der Waals surface area (Å²) < 4.78 is 35.4. The van der Waals surface area contributed by atoms with Crippen molar-refractivity contribution in [2.45, 2.75) is 289 Å². The number of rotatable bonds is 10. The number of imidazole rings is 1. The lowest BCUT2D eigenvalue weighted by atomic mass is 9.75. The number of piperazine rings is 1. The number of hydrogen-bond acceptors (Lipinski definition) is 23. The number of nitrogens with zero attached hydrogens (tertiary/aromatic N) is 12. The van der Waals surface area contributed by atoms with Crippen LogP contribution in [-0.4, -0.2) is 253 Å². The second kappa shape index (κ2) is 34.8. The van der Waals surface area contributed by atoms with Gasteiger partial charge in [0.15, 0.2) is 28.0 Å². The second-order valence-electron chi connectivity index (χ2n) is 40.2. The fourth-order valence-electron chi connectivity index (χ4n) is 28.9. The van der Waals surface area contributed by atoms with E-state index in [-0.39, 0.29) is 88.7 Å². The average Bonchev–Trinajstić information content (AvgIpc) is 1.54. The Kier molecular flexibility index (Phi) is 23.4. The SMILES string of the molecule is Cl.Cl.O=C1C=C2CC(N3CCN(c4ccc(Br)cc4)CC3)[C@@H]3C[C@@]2(O1)[C@H]1CCCCN31.O=C1C=C2CC(SCc3ccccc3)[C@@H]3C[C@@]2(O1)[C@H]1CCCCN31.O=C1C=C2CC(SCc3ccccc3O)[C@@H]3C[C@@]2(O1)[C@H]1CCCCN31.O=C1C=C2CC(n3cnc4ccccc43)[C@@H]3C[C@@]2(O1)[C@H]1CCCCN31.O=C1C=C2CC(n3nnc4ccccc43)[C@@H]3C[C@@]2(O1)[C@H]1CCCCN31. The lowest BCUT2D eigenvalue weighted by Crippen LogP contribution is -2.57. The van der Waals surface area contributed by atoms with Crippen molar-refractivity contribution in [1.82, 2.24) is 53.9 Å². The molecule has 16 aliphatic heterocycles. The molecule has 18 heterocycles. The number of phenolic OH excluding ortho intramolecular Hbond substituents is 1. The van der Waals surface area contributed by atoms with Crippen molar-refractivity contribution in [3.05, 3.63) is 208 Å². The molecule has 20 atom stereocenters. The van der Waals surface area contributed by atoms with Crippen LogP contribution in [0.25, 0.3) is 22.1 Å². The normalized spacial score (nSPS) is 36.4. The Morgan fingerprint density at radius 2 is 0.777 bits per heavy atom. The second-order valence-corrected chi connectivity index (χ2v) is 43.6. The first-order chi connectivity index (χ1) is 62.6. The lowest BCUT2D eigenvalue weighted by Gasteiger charge is -2.46. The maximum absolute atomic E-state index is 12.2. The lowest BCUT2D eigenvalue weighted by molar-refractivity contribution is -0.149. The van der Waals surface area contributed by atoms with Crippen LogP contribution >= 0.6 is 64.3 Å². The van der Waals surface area contributed by atoms with Gasteiger partial charge >= 0.3 is 29.8 Å². The predicted molar refractivity (Wildman–Crippen MR) is 508 cm³/mol. The number of carbonyl (C=O) groups excluding carboxylic acids is 5. The van der Waals surface area contributed by atoms with E-state index in [2.05, 4.69) is 165 Å². The highest BCUT2D eigenvalue weighted by Crippen LogP contribution is 2.63. The first-order valence-corrected chi connectivity index (χ1v) is 51.0. The van der Waals surface area contributed by atoms with Gasteiger partial charge in [0.2, 0.25) is 0 Å². The van der Waals surface area contributed by atoms with Gasteiger partial charge in [-0.3, -0.25) is 29.4 Å². The molecule has 5 spiro atoms. The molecule has 11 saturated heterocycles. The summed E-state index contributed by atoms with van der Waals surface area (Å²) >= 11 is 7.51. The number of fused-ring (bicyclic) bond motifs is 17. The maximum atomic E-state index is 12.2. The van der Waals surface area contributed by atoms with Gasteiger partial charge in [-0.25, -0.2) is 33.6 Å². The van der Waals surface area contributed by atoms with Gasteiger partial charge in [0.1, 0.15) is 11.3 Å². The summed E-state index contributed by atoms with van der Waals surface area (Å²) in [5.74, 6) is 1.57. The first kappa shape index (κ1) is 87.5. The number of halogens is 3. The molecule has 5 saturated carbocycles. The molecular weight excluding hydrogens is 1780 g/mol. The van der Waals surface area contributed by atoms with Crippen LogP contribution in [0.4, 0.5) is 5.69 Å². The van der Waals surface area contributed by atoms with Crippen LogP contribution in [0, 0.1) is 0 Å². The molecule has 16 fully saturated rings. The topological polar surface area (TPSA) is 223 Å². The van der Waals surface area contributed by atoms with Crippen LogP contribution in [0.3, 0.4) is 0 Å². The van der Waals surface area contributed by atoms with E-state index < -0.39 is 0 Å². The van der Waals surface area contributed by atoms with Crippen LogP contribution in [0.1, 0.15) is 184 Å². The number of thioether (sulfide) groups is 2. The van der Waals surface area contributed by atoms with E-state index in [1.54, 1.807) is 24.3 Å². The van der Waals surface area contributed by atoms with Gasteiger partial charge in [-0.1, -0.05) is 126 Å². The summed E-state index contributed by atoms with van der Waals surface area (Å²) in [5, 5.41) is 19.9. The molecule has 1 N–H and O–H groups in total. The fraction of sp³-hybridized carbons (Fsp3) is 0.549. The minimum absolute atomic E-state index is 0. The van der Waals surface area contributed by atoms with Gasteiger partial charge < -0.3 is 38.3 Å². The Bertz CT molecular complexity index is 5580.